The fourth-order valence-electron chi connectivity index (χ4n) is 4.17. The van der Waals surface area contributed by atoms with Crippen molar-refractivity contribution in [3.8, 4) is 0 Å². The fourth-order valence-corrected chi connectivity index (χ4v) is 4.87. The summed E-state index contributed by atoms with van der Waals surface area (Å²) < 4.78 is 5.65. The van der Waals surface area contributed by atoms with Gasteiger partial charge in [0, 0.05) is 13.5 Å². The van der Waals surface area contributed by atoms with Gasteiger partial charge < -0.3 is 20.1 Å². The van der Waals surface area contributed by atoms with Crippen molar-refractivity contribution >= 4 is 17.3 Å². The summed E-state index contributed by atoms with van der Waals surface area (Å²) in [5.74, 6) is -0.632. The molecule has 5 nitrogen and oxygen atoms in total. The number of aliphatic carboxylic acids is 1. The van der Waals surface area contributed by atoms with Gasteiger partial charge in [0.2, 0.25) is 0 Å². The maximum absolute atomic E-state index is 10.5. The van der Waals surface area contributed by atoms with Gasteiger partial charge in [-0.2, -0.15) is 11.3 Å². The first-order valence-corrected chi connectivity index (χ1v) is 11.2. The van der Waals surface area contributed by atoms with E-state index in [9.17, 15) is 15.0 Å². The van der Waals surface area contributed by atoms with Crippen LogP contribution in [0.5, 0.6) is 0 Å². The number of unbranched alkanes of at least 4 members (excludes halogenated alkanes) is 1. The zero-order valence-corrected chi connectivity index (χ0v) is 17.5. The maximum atomic E-state index is 10.5. The second-order valence-corrected chi connectivity index (χ2v) is 8.58. The highest BCUT2D eigenvalue weighted by atomic mass is 32.1. The lowest BCUT2D eigenvalue weighted by Crippen LogP contribution is -2.24. The summed E-state index contributed by atoms with van der Waals surface area (Å²) in [6.07, 6.45) is 9.66. The molecule has 1 aliphatic carbocycles. The number of aliphatic hydroxyl groups is 2. The van der Waals surface area contributed by atoms with Gasteiger partial charge in [0.1, 0.15) is 0 Å². The predicted molar refractivity (Wildman–Crippen MR) is 112 cm³/mol. The van der Waals surface area contributed by atoms with Gasteiger partial charge in [-0.3, -0.25) is 4.79 Å². The lowest BCUT2D eigenvalue weighted by Gasteiger charge is -2.24. The molecule has 1 aliphatic rings. The second-order valence-electron chi connectivity index (χ2n) is 7.80. The number of hydrogen-bond donors (Lipinski definition) is 3. The molecule has 1 fully saturated rings. The van der Waals surface area contributed by atoms with E-state index in [0.29, 0.717) is 12.8 Å². The van der Waals surface area contributed by atoms with E-state index in [1.807, 2.05) is 12.2 Å². The second kappa shape index (κ2) is 12.4. The Morgan fingerprint density at radius 3 is 2.75 bits per heavy atom. The zero-order chi connectivity index (χ0) is 20.4. The summed E-state index contributed by atoms with van der Waals surface area (Å²) in [6, 6.07) is 2.15. The third-order valence-electron chi connectivity index (χ3n) is 5.85. The minimum Gasteiger partial charge on any atom is -0.481 e. The molecule has 6 heteroatoms. The number of carboxylic acids is 1. The Morgan fingerprint density at radius 1 is 1.29 bits per heavy atom. The van der Waals surface area contributed by atoms with Crippen LogP contribution in [0.15, 0.2) is 29.0 Å². The topological polar surface area (TPSA) is 87.0 Å². The molecule has 0 aliphatic heterocycles. The molecular formula is C22H34O5S. The van der Waals surface area contributed by atoms with E-state index in [1.165, 1.54) is 5.56 Å². The lowest BCUT2D eigenvalue weighted by molar-refractivity contribution is -0.137. The molecule has 1 aromatic heterocycles. The number of ether oxygens (including phenoxy) is 1. The smallest absolute Gasteiger partial charge is 0.303 e. The van der Waals surface area contributed by atoms with E-state index in [1.54, 1.807) is 18.4 Å². The Hall–Kier alpha value is -1.21. The van der Waals surface area contributed by atoms with Gasteiger partial charge in [-0.15, -0.1) is 0 Å². The number of rotatable bonds is 13. The molecule has 0 aromatic carbocycles. The highest BCUT2D eigenvalue weighted by molar-refractivity contribution is 7.07. The van der Waals surface area contributed by atoms with E-state index in [-0.39, 0.29) is 24.4 Å². The van der Waals surface area contributed by atoms with Crippen LogP contribution in [0.1, 0.15) is 56.9 Å². The average molecular weight is 411 g/mol. The van der Waals surface area contributed by atoms with Gasteiger partial charge in [-0.25, -0.2) is 0 Å². The van der Waals surface area contributed by atoms with Crippen LogP contribution in [-0.4, -0.2) is 46.7 Å². The Bertz CT molecular complexity index is 586. The highest BCUT2D eigenvalue weighted by Crippen LogP contribution is 2.38. The predicted octanol–water partition coefficient (Wildman–Crippen LogP) is 4.04. The molecule has 3 N–H and O–H groups in total. The van der Waals surface area contributed by atoms with Gasteiger partial charge >= 0.3 is 5.97 Å². The number of carboxylic acid groups (broad SMARTS) is 1. The van der Waals surface area contributed by atoms with Crippen molar-refractivity contribution in [2.45, 2.75) is 76.1 Å². The van der Waals surface area contributed by atoms with Crippen LogP contribution in [0.25, 0.3) is 0 Å². The third kappa shape index (κ3) is 7.66. The molecule has 28 heavy (non-hydrogen) atoms. The average Bonchev–Trinajstić information content (AvgIpc) is 3.26. The van der Waals surface area contributed by atoms with Crippen molar-refractivity contribution in [3.63, 3.8) is 0 Å². The molecule has 158 valence electrons. The standard InChI is InChI=1S/C22H34O5S/c1-27-17(9-8-16-12-13-28-15-16)10-11-19-18(20(23)14-21(19)24)6-4-2-3-5-7-22(25)26/h2,4,12-13,15,17-21,23-24H,3,5-11,14H2,1H3,(H,25,26)/b4-2-/t17?,18-,19-,20?,21?/m1/s1. The van der Waals surface area contributed by atoms with Gasteiger partial charge in [0.15, 0.2) is 0 Å². The number of thiophene rings is 1. The highest BCUT2D eigenvalue weighted by Gasteiger charge is 2.40. The molecule has 0 saturated heterocycles. The van der Waals surface area contributed by atoms with Crippen LogP contribution >= 0.6 is 11.3 Å². The molecular weight excluding hydrogens is 376 g/mol. The summed E-state index contributed by atoms with van der Waals surface area (Å²) in [6.45, 7) is 0. The maximum Gasteiger partial charge on any atom is 0.303 e. The molecule has 2 rings (SSSR count). The molecule has 0 radical (unpaired) electrons. The van der Waals surface area contributed by atoms with Gasteiger partial charge in [0.25, 0.3) is 0 Å². The first-order chi connectivity index (χ1) is 13.5. The van der Waals surface area contributed by atoms with Crippen LogP contribution in [-0.2, 0) is 16.0 Å². The van der Waals surface area contributed by atoms with Crippen molar-refractivity contribution in [1.29, 1.82) is 0 Å². The van der Waals surface area contributed by atoms with Crippen molar-refractivity contribution < 1.29 is 24.9 Å². The fraction of sp³-hybridized carbons (Fsp3) is 0.682. The van der Waals surface area contributed by atoms with Crippen LogP contribution in [0.3, 0.4) is 0 Å². The Balaban J connectivity index is 1.78. The summed E-state index contributed by atoms with van der Waals surface area (Å²) in [4.78, 5) is 10.5. The van der Waals surface area contributed by atoms with Crippen LogP contribution in [0.4, 0.5) is 0 Å². The SMILES string of the molecule is COC(CCc1ccsc1)CC[C@H]1C(O)CC(O)[C@@H]1C/C=C\CCCC(=O)O. The van der Waals surface area contributed by atoms with Crippen LogP contribution in [0, 0.1) is 11.8 Å². The quantitative estimate of drug-likeness (QED) is 0.337. The first-order valence-electron chi connectivity index (χ1n) is 10.3. The number of aliphatic hydroxyl groups excluding tert-OH is 2. The zero-order valence-electron chi connectivity index (χ0n) is 16.7. The Labute approximate surface area is 172 Å². The van der Waals surface area contributed by atoms with Crippen molar-refractivity contribution in [2.24, 2.45) is 11.8 Å². The largest absolute Gasteiger partial charge is 0.481 e. The minimum atomic E-state index is -0.769. The van der Waals surface area contributed by atoms with Gasteiger partial charge in [-0.05, 0) is 85.6 Å². The summed E-state index contributed by atoms with van der Waals surface area (Å²) in [5.41, 5.74) is 1.34. The van der Waals surface area contributed by atoms with E-state index in [4.69, 9.17) is 9.84 Å². The molecule has 1 aromatic rings. The monoisotopic (exact) mass is 410 g/mol. The minimum absolute atomic E-state index is 0.0557. The van der Waals surface area contributed by atoms with Crippen molar-refractivity contribution in [3.05, 3.63) is 34.5 Å². The number of allylic oxidation sites excluding steroid dienone is 2. The van der Waals surface area contributed by atoms with Crippen LogP contribution < -0.4 is 0 Å². The Kier molecular flexibility index (Phi) is 10.2. The molecule has 1 saturated carbocycles. The van der Waals surface area contributed by atoms with E-state index in [2.05, 4.69) is 16.8 Å². The molecule has 5 atom stereocenters. The lowest BCUT2D eigenvalue weighted by atomic mass is 9.85. The summed E-state index contributed by atoms with van der Waals surface area (Å²) in [5, 5.41) is 33.7. The van der Waals surface area contributed by atoms with Gasteiger partial charge in [-0.1, -0.05) is 12.2 Å². The third-order valence-corrected chi connectivity index (χ3v) is 6.58. The molecule has 0 spiro atoms. The Morgan fingerprint density at radius 2 is 2.07 bits per heavy atom. The van der Waals surface area contributed by atoms with E-state index >= 15 is 0 Å². The first kappa shape index (κ1) is 23.1. The number of methoxy groups -OCH3 is 1. The number of hydrogen-bond acceptors (Lipinski definition) is 5. The molecule has 1 heterocycles. The number of aryl methyl sites for hydroxylation is 1. The van der Waals surface area contributed by atoms with Gasteiger partial charge in [0.05, 0.1) is 18.3 Å². The summed E-state index contributed by atoms with van der Waals surface area (Å²) in [7, 11) is 1.75. The van der Waals surface area contributed by atoms with Crippen LogP contribution in [0.2, 0.25) is 0 Å². The molecule has 0 bridgehead atoms. The molecule has 3 unspecified atom stereocenters. The van der Waals surface area contributed by atoms with E-state index in [0.717, 1.165) is 38.5 Å². The number of carbonyl (C=O) groups is 1. The molecule has 0 amide bonds. The van der Waals surface area contributed by atoms with E-state index < -0.39 is 18.2 Å². The van der Waals surface area contributed by atoms with Crippen molar-refractivity contribution in [2.75, 3.05) is 7.11 Å². The van der Waals surface area contributed by atoms with Crippen molar-refractivity contribution in [1.82, 2.24) is 0 Å². The normalized spacial score (nSPS) is 26.1. The summed E-state index contributed by atoms with van der Waals surface area (Å²) >= 11 is 1.71.